The number of amides is 1. The minimum absolute atomic E-state index is 0.0588. The Kier molecular flexibility index (Phi) is 4.58. The number of halogens is 2. The molecule has 1 amide bonds. The van der Waals surface area contributed by atoms with Crippen LogP contribution in [0.1, 0.15) is 10.4 Å². The molecule has 0 fully saturated rings. The van der Waals surface area contributed by atoms with Crippen molar-refractivity contribution in [3.8, 4) is 5.75 Å². The van der Waals surface area contributed by atoms with Crippen LogP contribution in [0, 0.1) is 0 Å². The first-order chi connectivity index (χ1) is 8.00. The smallest absolute Gasteiger partial charge is 0.387 e. The van der Waals surface area contributed by atoms with Crippen molar-refractivity contribution in [3.63, 3.8) is 0 Å². The molecule has 0 radical (unpaired) electrons. The van der Waals surface area contributed by atoms with E-state index in [1.165, 1.54) is 24.3 Å². The topological polar surface area (TPSA) is 76.4 Å². The highest BCUT2D eigenvalue weighted by molar-refractivity contribution is 7.80. The number of hydrazine groups is 1. The third-order valence-corrected chi connectivity index (χ3v) is 1.75. The summed E-state index contributed by atoms with van der Waals surface area (Å²) in [5.41, 5.74) is 9.36. The van der Waals surface area contributed by atoms with Crippen LogP contribution < -0.4 is 21.3 Å². The van der Waals surface area contributed by atoms with Gasteiger partial charge in [-0.15, -0.1) is 0 Å². The van der Waals surface area contributed by atoms with E-state index in [1.54, 1.807) is 0 Å². The van der Waals surface area contributed by atoms with Gasteiger partial charge in [0, 0.05) is 0 Å². The molecule has 1 aromatic rings. The number of hydrogen-bond donors (Lipinski definition) is 3. The fourth-order valence-corrected chi connectivity index (χ4v) is 1.09. The van der Waals surface area contributed by atoms with Crippen LogP contribution in [0.5, 0.6) is 5.75 Å². The Morgan fingerprint density at radius 2 is 2.00 bits per heavy atom. The van der Waals surface area contributed by atoms with E-state index in [9.17, 15) is 13.6 Å². The summed E-state index contributed by atoms with van der Waals surface area (Å²) in [6.07, 6.45) is 0. The molecule has 0 bridgehead atoms. The van der Waals surface area contributed by atoms with Gasteiger partial charge in [-0.25, -0.2) is 0 Å². The van der Waals surface area contributed by atoms with Crippen LogP contribution in [0.15, 0.2) is 24.3 Å². The normalized spacial score (nSPS) is 9.82. The molecule has 0 aromatic heterocycles. The van der Waals surface area contributed by atoms with Gasteiger partial charge in [0.15, 0.2) is 5.11 Å². The molecule has 92 valence electrons. The maximum atomic E-state index is 12.1. The lowest BCUT2D eigenvalue weighted by Crippen LogP contribution is -2.44. The van der Waals surface area contributed by atoms with Gasteiger partial charge in [0.1, 0.15) is 5.75 Å². The zero-order valence-corrected chi connectivity index (χ0v) is 9.26. The average Bonchev–Trinajstić information content (AvgIpc) is 2.25. The molecule has 0 atom stereocenters. The first kappa shape index (κ1) is 13.1. The van der Waals surface area contributed by atoms with E-state index >= 15 is 0 Å². The number of carbonyl (C=O) groups excluding carboxylic acids is 1. The summed E-state index contributed by atoms with van der Waals surface area (Å²) in [7, 11) is 0. The second kappa shape index (κ2) is 5.94. The lowest BCUT2D eigenvalue weighted by atomic mass is 10.2. The summed E-state index contributed by atoms with van der Waals surface area (Å²) < 4.78 is 28.3. The van der Waals surface area contributed by atoms with Crippen molar-refractivity contribution < 1.29 is 18.3 Å². The summed E-state index contributed by atoms with van der Waals surface area (Å²) in [6.45, 7) is -3.01. The predicted octanol–water partition coefficient (Wildman–Crippen LogP) is 0.766. The van der Waals surface area contributed by atoms with Gasteiger partial charge in [-0.1, -0.05) is 12.1 Å². The average molecular weight is 261 g/mol. The van der Waals surface area contributed by atoms with Crippen LogP contribution >= 0.6 is 12.2 Å². The van der Waals surface area contributed by atoms with Crippen molar-refractivity contribution in [1.82, 2.24) is 10.9 Å². The highest BCUT2D eigenvalue weighted by atomic mass is 32.1. The van der Waals surface area contributed by atoms with Crippen LogP contribution in [0.2, 0.25) is 0 Å². The first-order valence-corrected chi connectivity index (χ1v) is 4.81. The number of ether oxygens (including phenoxy) is 1. The molecule has 0 heterocycles. The van der Waals surface area contributed by atoms with Crippen LogP contribution in [-0.4, -0.2) is 17.6 Å². The van der Waals surface area contributed by atoms with Crippen LogP contribution in [0.3, 0.4) is 0 Å². The Hall–Kier alpha value is -1.96. The monoisotopic (exact) mass is 261 g/mol. The van der Waals surface area contributed by atoms with Gasteiger partial charge in [0.05, 0.1) is 5.56 Å². The molecule has 0 aliphatic carbocycles. The minimum Gasteiger partial charge on any atom is -0.434 e. The third kappa shape index (κ3) is 4.19. The van der Waals surface area contributed by atoms with E-state index in [-0.39, 0.29) is 16.4 Å². The number of rotatable bonds is 3. The third-order valence-electron chi connectivity index (χ3n) is 1.65. The molecule has 0 saturated heterocycles. The molecular weight excluding hydrogens is 252 g/mol. The molecule has 0 unspecified atom stereocenters. The largest absolute Gasteiger partial charge is 0.434 e. The highest BCUT2D eigenvalue weighted by Crippen LogP contribution is 2.19. The molecule has 5 nitrogen and oxygen atoms in total. The van der Waals surface area contributed by atoms with Crippen LogP contribution in [0.25, 0.3) is 0 Å². The zero-order valence-electron chi connectivity index (χ0n) is 8.44. The van der Waals surface area contributed by atoms with Gasteiger partial charge in [-0.05, 0) is 24.4 Å². The Bertz CT molecular complexity index is 428. The van der Waals surface area contributed by atoms with Gasteiger partial charge < -0.3 is 10.5 Å². The first-order valence-electron chi connectivity index (χ1n) is 4.40. The van der Waals surface area contributed by atoms with Gasteiger partial charge >= 0.3 is 6.61 Å². The number of hydrogen-bond acceptors (Lipinski definition) is 3. The van der Waals surface area contributed by atoms with Crippen molar-refractivity contribution in [3.05, 3.63) is 29.8 Å². The lowest BCUT2D eigenvalue weighted by molar-refractivity contribution is -0.0501. The second-order valence-electron chi connectivity index (χ2n) is 2.82. The van der Waals surface area contributed by atoms with E-state index in [0.717, 1.165) is 0 Å². The number of benzene rings is 1. The van der Waals surface area contributed by atoms with Crippen molar-refractivity contribution >= 4 is 23.2 Å². The predicted molar refractivity (Wildman–Crippen MR) is 60.5 cm³/mol. The van der Waals surface area contributed by atoms with Crippen LogP contribution in [0.4, 0.5) is 8.78 Å². The van der Waals surface area contributed by atoms with E-state index in [0.29, 0.717) is 0 Å². The van der Waals surface area contributed by atoms with Gasteiger partial charge in [0.25, 0.3) is 5.91 Å². The fourth-order valence-electron chi connectivity index (χ4n) is 1.04. The number of para-hydroxylation sites is 1. The molecule has 0 aliphatic heterocycles. The van der Waals surface area contributed by atoms with Crippen molar-refractivity contribution in [2.75, 3.05) is 0 Å². The Morgan fingerprint density at radius 3 is 2.59 bits per heavy atom. The molecule has 1 rings (SSSR count). The Labute approximate surface area is 101 Å². The fraction of sp³-hybridized carbons (Fsp3) is 0.111. The molecule has 1 aromatic carbocycles. The summed E-state index contributed by atoms with van der Waals surface area (Å²) in [6, 6.07) is 5.56. The standard InChI is InChI=1S/C9H9F2N3O2S/c10-8(11)16-6-4-2-1-3-5(6)7(15)13-14-9(12)17/h1-4,8H,(H,13,15)(H3,12,14,17). The van der Waals surface area contributed by atoms with Gasteiger partial charge in [-0.3, -0.25) is 15.6 Å². The SMILES string of the molecule is NC(=S)NNC(=O)c1ccccc1OC(F)F. The number of carbonyl (C=O) groups is 1. The maximum absolute atomic E-state index is 12.1. The molecular formula is C9H9F2N3O2S. The van der Waals surface area contributed by atoms with Crippen molar-refractivity contribution in [2.24, 2.45) is 5.73 Å². The quantitative estimate of drug-likeness (QED) is 0.553. The summed E-state index contributed by atoms with van der Waals surface area (Å²) >= 11 is 4.47. The highest BCUT2D eigenvalue weighted by Gasteiger charge is 2.14. The maximum Gasteiger partial charge on any atom is 0.387 e. The van der Waals surface area contributed by atoms with Crippen molar-refractivity contribution in [1.29, 1.82) is 0 Å². The Balaban J connectivity index is 2.81. The molecule has 0 saturated carbocycles. The summed E-state index contributed by atoms with van der Waals surface area (Å²) in [5.74, 6) is -0.918. The Morgan fingerprint density at radius 1 is 1.35 bits per heavy atom. The number of nitrogens with one attached hydrogen (secondary N) is 2. The van der Waals surface area contributed by atoms with E-state index in [1.807, 2.05) is 0 Å². The van der Waals surface area contributed by atoms with Crippen molar-refractivity contribution in [2.45, 2.75) is 6.61 Å². The van der Waals surface area contributed by atoms with Gasteiger partial charge in [-0.2, -0.15) is 8.78 Å². The summed E-state index contributed by atoms with van der Waals surface area (Å²) in [5, 5.41) is -0.148. The molecule has 8 heteroatoms. The van der Waals surface area contributed by atoms with E-state index in [2.05, 4.69) is 27.8 Å². The molecule has 17 heavy (non-hydrogen) atoms. The number of alkyl halides is 2. The number of nitrogens with two attached hydrogens (primary N) is 1. The van der Waals surface area contributed by atoms with E-state index in [4.69, 9.17) is 5.73 Å². The number of thiocarbonyl (C=S) groups is 1. The zero-order chi connectivity index (χ0) is 12.8. The summed E-state index contributed by atoms with van der Waals surface area (Å²) in [4.78, 5) is 11.5. The van der Waals surface area contributed by atoms with Gasteiger partial charge in [0.2, 0.25) is 0 Å². The molecule has 0 spiro atoms. The van der Waals surface area contributed by atoms with E-state index < -0.39 is 12.5 Å². The van der Waals surface area contributed by atoms with Crippen LogP contribution in [-0.2, 0) is 0 Å². The minimum atomic E-state index is -3.01. The molecule has 0 aliphatic rings. The molecule has 4 N–H and O–H groups in total. The lowest BCUT2D eigenvalue weighted by Gasteiger charge is -2.11. The second-order valence-corrected chi connectivity index (χ2v) is 3.26.